The van der Waals surface area contributed by atoms with Crippen molar-refractivity contribution in [3.05, 3.63) is 35.3 Å². The fourth-order valence-corrected chi connectivity index (χ4v) is 2.93. The fraction of sp³-hybridized carbons (Fsp3) is 0.500. The topological polar surface area (TPSA) is 49.6 Å². The van der Waals surface area contributed by atoms with Gasteiger partial charge in [0.15, 0.2) is 0 Å². The molecule has 1 N–H and O–H groups in total. The van der Waals surface area contributed by atoms with Gasteiger partial charge in [-0.2, -0.15) is 13.2 Å². The number of nitrogens with one attached hydrogen (secondary N) is 1. The summed E-state index contributed by atoms with van der Waals surface area (Å²) in [4.78, 5) is 18.9. The van der Waals surface area contributed by atoms with Gasteiger partial charge in [-0.1, -0.05) is 6.92 Å². The molecule has 3 heterocycles. The zero-order valence-corrected chi connectivity index (χ0v) is 13.4. The number of amides is 1. The van der Waals surface area contributed by atoms with E-state index in [1.807, 2.05) is 6.92 Å². The van der Waals surface area contributed by atoms with E-state index < -0.39 is 11.7 Å². The van der Waals surface area contributed by atoms with Crippen LogP contribution in [0.5, 0.6) is 0 Å². The molecule has 0 atom stereocenters. The second-order valence-electron chi connectivity index (χ2n) is 5.80. The number of pyridine rings is 1. The normalized spacial score (nSPS) is 16.4. The molecule has 0 aromatic carbocycles. The van der Waals surface area contributed by atoms with E-state index in [0.29, 0.717) is 37.4 Å². The molecule has 1 fully saturated rings. The third-order valence-electron chi connectivity index (χ3n) is 4.18. The van der Waals surface area contributed by atoms with Crippen molar-refractivity contribution in [2.45, 2.75) is 25.9 Å². The average Bonchev–Trinajstić information content (AvgIpc) is 2.70. The molecule has 1 aliphatic heterocycles. The summed E-state index contributed by atoms with van der Waals surface area (Å²) in [5, 5.41) is 3.21. The van der Waals surface area contributed by atoms with Crippen LogP contribution in [0.1, 0.15) is 35.1 Å². The van der Waals surface area contributed by atoms with Gasteiger partial charge >= 0.3 is 6.18 Å². The quantitative estimate of drug-likeness (QED) is 0.913. The molecule has 0 spiro atoms. The number of carbonyl (C=O) groups is 1. The van der Waals surface area contributed by atoms with Crippen molar-refractivity contribution < 1.29 is 18.0 Å². The minimum absolute atomic E-state index is 0.237. The van der Waals surface area contributed by atoms with E-state index in [1.165, 1.54) is 10.5 Å². The van der Waals surface area contributed by atoms with Crippen LogP contribution in [-0.4, -0.2) is 46.4 Å². The Morgan fingerprint density at radius 3 is 2.79 bits per heavy atom. The molecule has 8 heteroatoms. The van der Waals surface area contributed by atoms with Gasteiger partial charge in [0.05, 0.1) is 11.3 Å². The van der Waals surface area contributed by atoms with Crippen LogP contribution in [0.3, 0.4) is 0 Å². The number of rotatable bonds is 2. The van der Waals surface area contributed by atoms with E-state index in [-0.39, 0.29) is 11.6 Å². The maximum atomic E-state index is 13.0. The summed E-state index contributed by atoms with van der Waals surface area (Å²) in [5.74, 6) is -0.262. The van der Waals surface area contributed by atoms with Crippen molar-refractivity contribution >= 4 is 11.6 Å². The van der Waals surface area contributed by atoms with E-state index in [4.69, 9.17) is 0 Å². The van der Waals surface area contributed by atoms with Crippen LogP contribution in [0.15, 0.2) is 18.3 Å². The van der Waals surface area contributed by atoms with Gasteiger partial charge in [0.1, 0.15) is 11.3 Å². The van der Waals surface area contributed by atoms with Crippen molar-refractivity contribution in [1.29, 1.82) is 0 Å². The Balaban J connectivity index is 2.08. The lowest BCUT2D eigenvalue weighted by molar-refractivity contribution is -0.137. The molecular formula is C16H19F3N4O. The highest BCUT2D eigenvalue weighted by atomic mass is 19.4. The summed E-state index contributed by atoms with van der Waals surface area (Å²) >= 11 is 0. The number of nitrogens with zero attached hydrogens (tertiary/aromatic N) is 3. The molecule has 0 saturated carbocycles. The average molecular weight is 340 g/mol. The molecule has 1 saturated heterocycles. The first-order valence-corrected chi connectivity index (χ1v) is 8.00. The smallest absolute Gasteiger partial charge is 0.336 e. The van der Waals surface area contributed by atoms with Crippen LogP contribution in [0.25, 0.3) is 5.65 Å². The van der Waals surface area contributed by atoms with E-state index in [9.17, 15) is 18.0 Å². The number of hydrogen-bond acceptors (Lipinski definition) is 3. The lowest BCUT2D eigenvalue weighted by Crippen LogP contribution is -2.35. The number of alkyl halides is 3. The van der Waals surface area contributed by atoms with Crippen molar-refractivity contribution in [3.63, 3.8) is 0 Å². The first-order chi connectivity index (χ1) is 11.4. The predicted molar refractivity (Wildman–Crippen MR) is 83.0 cm³/mol. The molecular weight excluding hydrogens is 321 g/mol. The van der Waals surface area contributed by atoms with Gasteiger partial charge in [-0.05, 0) is 31.5 Å². The molecule has 2 aromatic rings. The number of hydrogen-bond donors (Lipinski definition) is 1. The second kappa shape index (κ2) is 6.43. The number of imidazole rings is 1. The maximum absolute atomic E-state index is 13.0. The fourth-order valence-electron chi connectivity index (χ4n) is 2.93. The second-order valence-corrected chi connectivity index (χ2v) is 5.80. The molecule has 0 radical (unpaired) electrons. The summed E-state index contributed by atoms with van der Waals surface area (Å²) in [7, 11) is 0. The minimum Gasteiger partial charge on any atom is -0.336 e. The summed E-state index contributed by atoms with van der Waals surface area (Å²) in [6, 6.07) is 2.30. The van der Waals surface area contributed by atoms with Gasteiger partial charge in [0, 0.05) is 25.8 Å². The van der Waals surface area contributed by atoms with Crippen molar-refractivity contribution in [3.8, 4) is 0 Å². The summed E-state index contributed by atoms with van der Waals surface area (Å²) in [6.07, 6.45) is -2.20. The lowest BCUT2D eigenvalue weighted by Gasteiger charge is -2.20. The molecule has 5 nitrogen and oxygen atoms in total. The van der Waals surface area contributed by atoms with Crippen molar-refractivity contribution in [1.82, 2.24) is 19.6 Å². The van der Waals surface area contributed by atoms with Crippen molar-refractivity contribution in [2.24, 2.45) is 0 Å². The Hall–Kier alpha value is -2.09. The summed E-state index contributed by atoms with van der Waals surface area (Å²) < 4.78 is 40.3. The zero-order valence-electron chi connectivity index (χ0n) is 13.4. The van der Waals surface area contributed by atoms with Gasteiger partial charge in [-0.25, -0.2) is 4.98 Å². The third-order valence-corrected chi connectivity index (χ3v) is 4.18. The molecule has 2 aromatic heterocycles. The van der Waals surface area contributed by atoms with Crippen molar-refractivity contribution in [2.75, 3.05) is 26.2 Å². The van der Waals surface area contributed by atoms with Gasteiger partial charge in [0.2, 0.25) is 0 Å². The van der Waals surface area contributed by atoms with Crippen LogP contribution in [0.4, 0.5) is 13.2 Å². The summed E-state index contributed by atoms with van der Waals surface area (Å²) in [6.45, 7) is 4.47. The van der Waals surface area contributed by atoms with Crippen LogP contribution >= 0.6 is 0 Å². The predicted octanol–water partition coefficient (Wildman–Crippen LogP) is 2.35. The first kappa shape index (κ1) is 16.8. The monoisotopic (exact) mass is 340 g/mol. The van der Waals surface area contributed by atoms with Crippen LogP contribution in [0, 0.1) is 0 Å². The Morgan fingerprint density at radius 2 is 2.08 bits per heavy atom. The highest BCUT2D eigenvalue weighted by Gasteiger charge is 2.32. The molecule has 1 aliphatic rings. The highest BCUT2D eigenvalue weighted by molar-refractivity contribution is 5.94. The molecule has 0 bridgehead atoms. The van der Waals surface area contributed by atoms with E-state index in [2.05, 4.69) is 10.3 Å². The van der Waals surface area contributed by atoms with Gasteiger partial charge in [-0.15, -0.1) is 0 Å². The Kier molecular flexibility index (Phi) is 4.49. The summed E-state index contributed by atoms with van der Waals surface area (Å²) in [5.41, 5.74) is 0.329. The zero-order chi connectivity index (χ0) is 17.3. The first-order valence-electron chi connectivity index (χ1n) is 8.00. The lowest BCUT2D eigenvalue weighted by atomic mass is 10.2. The van der Waals surface area contributed by atoms with E-state index >= 15 is 0 Å². The van der Waals surface area contributed by atoms with Crippen LogP contribution in [0.2, 0.25) is 0 Å². The number of fused-ring (bicyclic) bond motifs is 1. The van der Waals surface area contributed by atoms with Gasteiger partial charge < -0.3 is 10.2 Å². The number of carbonyl (C=O) groups excluding carboxylic acids is 1. The van der Waals surface area contributed by atoms with E-state index in [1.54, 1.807) is 4.90 Å². The maximum Gasteiger partial charge on any atom is 0.417 e. The number of aryl methyl sites for hydroxylation is 1. The van der Waals surface area contributed by atoms with Crippen LogP contribution in [-0.2, 0) is 12.6 Å². The third kappa shape index (κ3) is 3.10. The van der Waals surface area contributed by atoms with E-state index in [0.717, 1.165) is 25.2 Å². The SMILES string of the molecule is CCc1nc2ccc(C(F)(F)F)cn2c1C(=O)N1CCCNCC1. The highest BCUT2D eigenvalue weighted by Crippen LogP contribution is 2.30. The van der Waals surface area contributed by atoms with Crippen LogP contribution < -0.4 is 5.32 Å². The molecule has 3 rings (SSSR count). The van der Waals surface area contributed by atoms with Gasteiger partial charge in [0.25, 0.3) is 5.91 Å². The molecule has 1 amide bonds. The largest absolute Gasteiger partial charge is 0.417 e. The number of halogens is 3. The minimum atomic E-state index is -4.46. The molecule has 0 aliphatic carbocycles. The molecule has 130 valence electrons. The standard InChI is InChI=1S/C16H19F3N4O/c1-2-12-14(15(24)22-8-3-6-20-7-9-22)23-10-11(16(17,18)19)4-5-13(23)21-12/h4-5,10,20H,2-3,6-9H2,1H3. The van der Waals surface area contributed by atoms with Gasteiger partial charge in [-0.3, -0.25) is 9.20 Å². The Morgan fingerprint density at radius 1 is 1.29 bits per heavy atom. The Labute approximate surface area is 137 Å². The molecule has 0 unspecified atom stereocenters. The molecule has 24 heavy (non-hydrogen) atoms. The Bertz CT molecular complexity index is 746. The number of aromatic nitrogens is 2.